The normalized spacial score (nSPS) is 22.9. The molecule has 0 aromatic carbocycles. The van der Waals surface area contributed by atoms with Crippen LogP contribution < -0.4 is 5.32 Å². The lowest BCUT2D eigenvalue weighted by Gasteiger charge is -2.21. The van der Waals surface area contributed by atoms with Crippen LogP contribution in [-0.4, -0.2) is 44.7 Å². The highest BCUT2D eigenvalue weighted by Gasteiger charge is 2.31. The van der Waals surface area contributed by atoms with Crippen molar-refractivity contribution in [2.75, 3.05) is 26.7 Å². The van der Waals surface area contributed by atoms with E-state index in [1.807, 2.05) is 0 Å². The van der Waals surface area contributed by atoms with Crippen LogP contribution in [0.2, 0.25) is 0 Å². The van der Waals surface area contributed by atoms with Crippen molar-refractivity contribution in [2.45, 2.75) is 31.9 Å². The molecule has 1 fully saturated rings. The van der Waals surface area contributed by atoms with E-state index in [4.69, 9.17) is 0 Å². The summed E-state index contributed by atoms with van der Waals surface area (Å²) in [4.78, 5) is 0. The fraction of sp³-hybridized carbons (Fsp3) is 1.00. The molecule has 0 aliphatic carbocycles. The van der Waals surface area contributed by atoms with E-state index in [2.05, 4.69) is 19.2 Å². The van der Waals surface area contributed by atoms with E-state index in [1.54, 1.807) is 7.05 Å². The summed E-state index contributed by atoms with van der Waals surface area (Å²) >= 11 is 0. The Morgan fingerprint density at radius 2 is 2.13 bits per heavy atom. The van der Waals surface area contributed by atoms with E-state index >= 15 is 0 Å². The average Bonchev–Trinajstić information content (AvgIpc) is 2.66. The minimum atomic E-state index is -3.06. The zero-order chi connectivity index (χ0) is 11.5. The molecule has 0 saturated carbocycles. The first-order valence-electron chi connectivity index (χ1n) is 5.60. The van der Waals surface area contributed by atoms with E-state index in [-0.39, 0.29) is 5.25 Å². The van der Waals surface area contributed by atoms with Gasteiger partial charge in [-0.2, -0.15) is 0 Å². The first-order chi connectivity index (χ1) is 6.94. The van der Waals surface area contributed by atoms with Crippen LogP contribution in [-0.2, 0) is 10.0 Å². The SMILES string of the molecule is CC(C)CCN(C)S(=O)(=O)C1CCNC1. The fourth-order valence-corrected chi connectivity index (χ4v) is 3.32. The Morgan fingerprint density at radius 3 is 2.60 bits per heavy atom. The molecule has 5 heteroatoms. The number of nitrogens with zero attached hydrogens (tertiary/aromatic N) is 1. The Morgan fingerprint density at radius 1 is 1.47 bits per heavy atom. The molecule has 0 amide bonds. The smallest absolute Gasteiger partial charge is 0.218 e. The summed E-state index contributed by atoms with van der Waals surface area (Å²) in [6.07, 6.45) is 1.67. The molecule has 4 nitrogen and oxygen atoms in total. The van der Waals surface area contributed by atoms with Crippen LogP contribution in [0.3, 0.4) is 0 Å². The second-order valence-electron chi connectivity index (χ2n) is 4.66. The third-order valence-corrected chi connectivity index (χ3v) is 5.19. The lowest BCUT2D eigenvalue weighted by molar-refractivity contribution is 0.422. The molecule has 0 aromatic rings. The molecule has 0 radical (unpaired) electrons. The van der Waals surface area contributed by atoms with E-state index in [0.29, 0.717) is 19.0 Å². The molecule has 1 aliphatic rings. The minimum Gasteiger partial charge on any atom is -0.315 e. The number of rotatable bonds is 5. The first-order valence-corrected chi connectivity index (χ1v) is 7.10. The Hall–Kier alpha value is -0.130. The highest BCUT2D eigenvalue weighted by Crippen LogP contribution is 2.15. The first kappa shape index (κ1) is 12.9. The van der Waals surface area contributed by atoms with Gasteiger partial charge in [0, 0.05) is 20.1 Å². The third-order valence-electron chi connectivity index (χ3n) is 2.89. The van der Waals surface area contributed by atoms with E-state index in [1.165, 1.54) is 4.31 Å². The largest absolute Gasteiger partial charge is 0.315 e. The van der Waals surface area contributed by atoms with Crippen molar-refractivity contribution in [2.24, 2.45) is 5.92 Å². The van der Waals surface area contributed by atoms with Gasteiger partial charge in [-0.05, 0) is 25.3 Å². The second-order valence-corrected chi connectivity index (χ2v) is 6.98. The van der Waals surface area contributed by atoms with Gasteiger partial charge in [-0.3, -0.25) is 0 Å². The lowest BCUT2D eigenvalue weighted by Crippen LogP contribution is -2.38. The Kier molecular flexibility index (Phi) is 4.55. The van der Waals surface area contributed by atoms with Crippen molar-refractivity contribution >= 4 is 10.0 Å². The summed E-state index contributed by atoms with van der Waals surface area (Å²) in [6, 6.07) is 0. The molecule has 90 valence electrons. The lowest BCUT2D eigenvalue weighted by atomic mass is 10.1. The standard InChI is InChI=1S/C10H22N2O2S/c1-9(2)5-7-12(3)15(13,14)10-4-6-11-8-10/h9-11H,4-8H2,1-3H3. The highest BCUT2D eigenvalue weighted by atomic mass is 32.2. The van der Waals surface area contributed by atoms with Crippen LogP contribution in [0.5, 0.6) is 0 Å². The second kappa shape index (κ2) is 5.27. The minimum absolute atomic E-state index is 0.213. The highest BCUT2D eigenvalue weighted by molar-refractivity contribution is 7.89. The van der Waals surface area contributed by atoms with Gasteiger partial charge in [0.05, 0.1) is 5.25 Å². The molecule has 0 spiro atoms. The van der Waals surface area contributed by atoms with Crippen molar-refractivity contribution in [1.82, 2.24) is 9.62 Å². The van der Waals surface area contributed by atoms with Crippen LogP contribution in [0.25, 0.3) is 0 Å². The monoisotopic (exact) mass is 234 g/mol. The molecule has 1 heterocycles. The van der Waals surface area contributed by atoms with E-state index in [0.717, 1.165) is 19.4 Å². The van der Waals surface area contributed by atoms with Gasteiger partial charge in [0.2, 0.25) is 10.0 Å². The van der Waals surface area contributed by atoms with Crippen LogP contribution in [0.4, 0.5) is 0 Å². The molecule has 1 saturated heterocycles. The number of hydrogen-bond donors (Lipinski definition) is 1. The van der Waals surface area contributed by atoms with Gasteiger partial charge >= 0.3 is 0 Å². The van der Waals surface area contributed by atoms with Gasteiger partial charge in [0.15, 0.2) is 0 Å². The van der Waals surface area contributed by atoms with Crippen LogP contribution in [0.15, 0.2) is 0 Å². The third kappa shape index (κ3) is 3.43. The van der Waals surface area contributed by atoms with Crippen molar-refractivity contribution in [3.8, 4) is 0 Å². The van der Waals surface area contributed by atoms with Crippen molar-refractivity contribution in [3.05, 3.63) is 0 Å². The Bertz CT molecular complexity index is 282. The number of hydrogen-bond acceptors (Lipinski definition) is 3. The Balaban J connectivity index is 2.52. The van der Waals surface area contributed by atoms with Gasteiger partial charge in [0.25, 0.3) is 0 Å². The van der Waals surface area contributed by atoms with Gasteiger partial charge in [-0.15, -0.1) is 0 Å². The maximum atomic E-state index is 12.0. The summed E-state index contributed by atoms with van der Waals surface area (Å²) < 4.78 is 25.6. The van der Waals surface area contributed by atoms with Crippen molar-refractivity contribution in [3.63, 3.8) is 0 Å². The molecule has 1 atom stereocenters. The van der Waals surface area contributed by atoms with Crippen LogP contribution in [0, 0.1) is 5.92 Å². The molecule has 1 unspecified atom stereocenters. The maximum Gasteiger partial charge on any atom is 0.218 e. The van der Waals surface area contributed by atoms with Gasteiger partial charge in [-0.1, -0.05) is 13.8 Å². The number of sulfonamides is 1. The van der Waals surface area contributed by atoms with Gasteiger partial charge in [0.1, 0.15) is 0 Å². The summed E-state index contributed by atoms with van der Waals surface area (Å²) in [5.74, 6) is 0.546. The van der Waals surface area contributed by atoms with Crippen molar-refractivity contribution in [1.29, 1.82) is 0 Å². The van der Waals surface area contributed by atoms with Gasteiger partial charge in [-0.25, -0.2) is 12.7 Å². The molecular weight excluding hydrogens is 212 g/mol. The predicted octanol–water partition coefficient (Wildman–Crippen LogP) is 0.656. The van der Waals surface area contributed by atoms with E-state index in [9.17, 15) is 8.42 Å². The van der Waals surface area contributed by atoms with E-state index < -0.39 is 10.0 Å². The fourth-order valence-electron chi connectivity index (χ4n) is 1.70. The summed E-state index contributed by atoms with van der Waals surface area (Å²) in [7, 11) is -1.37. The average molecular weight is 234 g/mol. The topological polar surface area (TPSA) is 49.4 Å². The molecule has 0 aromatic heterocycles. The molecule has 1 N–H and O–H groups in total. The number of nitrogens with one attached hydrogen (secondary N) is 1. The molecular formula is C10H22N2O2S. The van der Waals surface area contributed by atoms with Crippen LogP contribution >= 0.6 is 0 Å². The molecule has 1 rings (SSSR count). The maximum absolute atomic E-state index is 12.0. The zero-order valence-corrected chi connectivity index (χ0v) is 10.7. The predicted molar refractivity (Wildman–Crippen MR) is 62.3 cm³/mol. The quantitative estimate of drug-likeness (QED) is 0.760. The molecule has 0 bridgehead atoms. The van der Waals surface area contributed by atoms with Gasteiger partial charge < -0.3 is 5.32 Å². The summed E-state index contributed by atoms with van der Waals surface area (Å²) in [5, 5.41) is 2.88. The van der Waals surface area contributed by atoms with Crippen LogP contribution in [0.1, 0.15) is 26.7 Å². The Labute approximate surface area is 93.1 Å². The summed E-state index contributed by atoms with van der Waals surface area (Å²) in [6.45, 7) is 6.28. The zero-order valence-electron chi connectivity index (χ0n) is 9.86. The summed E-state index contributed by atoms with van der Waals surface area (Å²) in [5.41, 5.74) is 0. The molecule has 15 heavy (non-hydrogen) atoms. The molecule has 1 aliphatic heterocycles. The van der Waals surface area contributed by atoms with Crippen molar-refractivity contribution < 1.29 is 8.42 Å².